The molecule has 1 aromatic heterocycles. The molecule has 0 aromatic carbocycles. The SMILES string of the molecule is CCCn1cccc1C(=O)N1CCNCC1C#N. The first-order valence-corrected chi connectivity index (χ1v) is 6.34. The lowest BCUT2D eigenvalue weighted by Gasteiger charge is -2.32. The highest BCUT2D eigenvalue weighted by molar-refractivity contribution is 5.93. The summed E-state index contributed by atoms with van der Waals surface area (Å²) in [6.07, 6.45) is 2.90. The fourth-order valence-electron chi connectivity index (χ4n) is 2.25. The Labute approximate surface area is 107 Å². The van der Waals surface area contributed by atoms with Gasteiger partial charge in [0.25, 0.3) is 5.91 Å². The van der Waals surface area contributed by atoms with E-state index in [-0.39, 0.29) is 11.9 Å². The van der Waals surface area contributed by atoms with E-state index in [4.69, 9.17) is 5.26 Å². The molecule has 5 nitrogen and oxygen atoms in total. The summed E-state index contributed by atoms with van der Waals surface area (Å²) < 4.78 is 1.96. The Bertz CT molecular complexity index is 460. The molecule has 1 aliphatic rings. The number of carbonyl (C=O) groups excluding carboxylic acids is 1. The van der Waals surface area contributed by atoms with E-state index >= 15 is 0 Å². The molecular weight excluding hydrogens is 228 g/mol. The predicted octanol–water partition coefficient (Wildman–Crippen LogP) is 0.836. The molecular formula is C13H18N4O. The quantitative estimate of drug-likeness (QED) is 0.859. The number of rotatable bonds is 3. The Kier molecular flexibility index (Phi) is 4.00. The molecule has 1 aromatic rings. The van der Waals surface area contributed by atoms with Crippen LogP contribution in [0.2, 0.25) is 0 Å². The fraction of sp³-hybridized carbons (Fsp3) is 0.538. The topological polar surface area (TPSA) is 61.1 Å². The van der Waals surface area contributed by atoms with Gasteiger partial charge in [-0.3, -0.25) is 4.79 Å². The molecule has 2 heterocycles. The number of amides is 1. The summed E-state index contributed by atoms with van der Waals surface area (Å²) in [6, 6.07) is 5.53. The van der Waals surface area contributed by atoms with E-state index < -0.39 is 0 Å². The third kappa shape index (κ3) is 2.39. The van der Waals surface area contributed by atoms with Crippen molar-refractivity contribution in [2.45, 2.75) is 25.9 Å². The molecule has 0 radical (unpaired) electrons. The molecule has 2 rings (SSSR count). The van der Waals surface area contributed by atoms with Crippen LogP contribution in [0.1, 0.15) is 23.8 Å². The van der Waals surface area contributed by atoms with Gasteiger partial charge in [0.15, 0.2) is 0 Å². The number of hydrogen-bond acceptors (Lipinski definition) is 3. The van der Waals surface area contributed by atoms with Crippen LogP contribution in [-0.4, -0.2) is 41.1 Å². The van der Waals surface area contributed by atoms with Crippen LogP contribution in [0.5, 0.6) is 0 Å². The van der Waals surface area contributed by atoms with Gasteiger partial charge in [0.1, 0.15) is 11.7 Å². The van der Waals surface area contributed by atoms with Crippen molar-refractivity contribution in [1.82, 2.24) is 14.8 Å². The molecule has 1 amide bonds. The van der Waals surface area contributed by atoms with E-state index in [1.165, 1.54) is 0 Å². The summed E-state index contributed by atoms with van der Waals surface area (Å²) in [7, 11) is 0. The molecule has 0 bridgehead atoms. The minimum absolute atomic E-state index is 0.0403. The smallest absolute Gasteiger partial charge is 0.271 e. The van der Waals surface area contributed by atoms with E-state index in [1.54, 1.807) is 4.90 Å². The Morgan fingerprint density at radius 1 is 1.67 bits per heavy atom. The zero-order valence-corrected chi connectivity index (χ0v) is 10.6. The first-order chi connectivity index (χ1) is 8.77. The molecule has 1 fully saturated rings. The Balaban J connectivity index is 2.19. The minimum Gasteiger partial charge on any atom is -0.344 e. The van der Waals surface area contributed by atoms with Gasteiger partial charge in [0.05, 0.1) is 6.07 Å². The molecule has 1 aliphatic heterocycles. The van der Waals surface area contributed by atoms with Crippen LogP contribution >= 0.6 is 0 Å². The van der Waals surface area contributed by atoms with Crippen LogP contribution in [0.4, 0.5) is 0 Å². The second-order valence-electron chi connectivity index (χ2n) is 4.43. The maximum Gasteiger partial charge on any atom is 0.271 e. The van der Waals surface area contributed by atoms with E-state index in [0.717, 1.165) is 19.5 Å². The third-order valence-corrected chi connectivity index (χ3v) is 3.17. The second kappa shape index (κ2) is 5.69. The molecule has 0 aliphatic carbocycles. The maximum atomic E-state index is 12.5. The van der Waals surface area contributed by atoms with Crippen molar-refractivity contribution in [3.63, 3.8) is 0 Å². The Morgan fingerprint density at radius 2 is 2.50 bits per heavy atom. The van der Waals surface area contributed by atoms with Crippen LogP contribution in [-0.2, 0) is 6.54 Å². The number of carbonyl (C=O) groups is 1. The summed E-state index contributed by atoms with van der Waals surface area (Å²) in [5.74, 6) is -0.0403. The number of nitrogens with one attached hydrogen (secondary N) is 1. The molecule has 0 saturated carbocycles. The van der Waals surface area contributed by atoms with E-state index in [1.807, 2.05) is 22.9 Å². The molecule has 1 atom stereocenters. The van der Waals surface area contributed by atoms with Crippen molar-refractivity contribution >= 4 is 5.91 Å². The monoisotopic (exact) mass is 246 g/mol. The minimum atomic E-state index is -0.365. The Morgan fingerprint density at radius 3 is 3.22 bits per heavy atom. The van der Waals surface area contributed by atoms with E-state index in [9.17, 15) is 4.79 Å². The zero-order chi connectivity index (χ0) is 13.0. The van der Waals surface area contributed by atoms with E-state index in [2.05, 4.69) is 18.3 Å². The largest absolute Gasteiger partial charge is 0.344 e. The molecule has 0 spiro atoms. The number of aryl methyl sites for hydroxylation is 1. The molecule has 18 heavy (non-hydrogen) atoms. The van der Waals surface area contributed by atoms with Crippen molar-refractivity contribution in [2.75, 3.05) is 19.6 Å². The lowest BCUT2D eigenvalue weighted by Crippen LogP contribution is -2.53. The van der Waals surface area contributed by atoms with Crippen LogP contribution in [0.3, 0.4) is 0 Å². The van der Waals surface area contributed by atoms with Crippen molar-refractivity contribution in [3.05, 3.63) is 24.0 Å². The van der Waals surface area contributed by atoms with E-state index in [0.29, 0.717) is 18.8 Å². The van der Waals surface area contributed by atoms with Gasteiger partial charge >= 0.3 is 0 Å². The van der Waals surface area contributed by atoms with Gasteiger partial charge in [0.2, 0.25) is 0 Å². The average Bonchev–Trinajstić information content (AvgIpc) is 2.86. The van der Waals surface area contributed by atoms with Gasteiger partial charge in [-0.05, 0) is 18.6 Å². The molecule has 1 N–H and O–H groups in total. The van der Waals surface area contributed by atoms with Crippen molar-refractivity contribution in [2.24, 2.45) is 0 Å². The van der Waals surface area contributed by atoms with Gasteiger partial charge < -0.3 is 14.8 Å². The number of aromatic nitrogens is 1. The summed E-state index contributed by atoms with van der Waals surface area (Å²) in [4.78, 5) is 14.1. The highest BCUT2D eigenvalue weighted by Gasteiger charge is 2.28. The zero-order valence-electron chi connectivity index (χ0n) is 10.6. The first-order valence-electron chi connectivity index (χ1n) is 6.34. The second-order valence-corrected chi connectivity index (χ2v) is 4.43. The summed E-state index contributed by atoms with van der Waals surface area (Å²) >= 11 is 0. The van der Waals surface area contributed by atoms with Gasteiger partial charge in [0, 0.05) is 32.4 Å². The predicted molar refractivity (Wildman–Crippen MR) is 68.0 cm³/mol. The third-order valence-electron chi connectivity index (χ3n) is 3.17. The molecule has 1 unspecified atom stereocenters. The number of nitrogens with zero attached hydrogens (tertiary/aromatic N) is 3. The van der Waals surface area contributed by atoms with Gasteiger partial charge in [-0.1, -0.05) is 6.92 Å². The normalized spacial score (nSPS) is 19.6. The van der Waals surface area contributed by atoms with Gasteiger partial charge in [-0.15, -0.1) is 0 Å². The molecule has 1 saturated heterocycles. The summed E-state index contributed by atoms with van der Waals surface area (Å²) in [6.45, 7) is 4.80. The van der Waals surface area contributed by atoms with Crippen molar-refractivity contribution in [3.8, 4) is 6.07 Å². The van der Waals surface area contributed by atoms with Crippen LogP contribution in [0, 0.1) is 11.3 Å². The Hall–Kier alpha value is -1.80. The summed E-state index contributed by atoms with van der Waals surface area (Å²) in [5, 5.41) is 12.2. The standard InChI is InChI=1S/C13H18N4O/c1-2-6-16-7-3-4-12(16)13(18)17-8-5-15-10-11(17)9-14/h3-4,7,11,15H,2,5-6,8,10H2,1H3. The molecule has 5 heteroatoms. The molecule has 96 valence electrons. The number of nitriles is 1. The van der Waals surface area contributed by atoms with Gasteiger partial charge in [-0.2, -0.15) is 5.26 Å². The van der Waals surface area contributed by atoms with Crippen LogP contribution in [0.25, 0.3) is 0 Å². The average molecular weight is 246 g/mol. The fourth-order valence-corrected chi connectivity index (χ4v) is 2.25. The highest BCUT2D eigenvalue weighted by atomic mass is 16.2. The number of piperazine rings is 1. The maximum absolute atomic E-state index is 12.5. The van der Waals surface area contributed by atoms with Crippen molar-refractivity contribution < 1.29 is 4.79 Å². The lowest BCUT2D eigenvalue weighted by molar-refractivity contribution is 0.0676. The van der Waals surface area contributed by atoms with Crippen LogP contribution in [0.15, 0.2) is 18.3 Å². The highest BCUT2D eigenvalue weighted by Crippen LogP contribution is 2.12. The summed E-state index contributed by atoms with van der Waals surface area (Å²) in [5.41, 5.74) is 0.680. The van der Waals surface area contributed by atoms with Gasteiger partial charge in [-0.25, -0.2) is 0 Å². The van der Waals surface area contributed by atoms with Crippen molar-refractivity contribution in [1.29, 1.82) is 5.26 Å². The van der Waals surface area contributed by atoms with Crippen LogP contribution < -0.4 is 5.32 Å². The first kappa shape index (κ1) is 12.7. The lowest BCUT2D eigenvalue weighted by atomic mass is 10.2. The number of hydrogen-bond donors (Lipinski definition) is 1.